The van der Waals surface area contributed by atoms with Gasteiger partial charge in [0.15, 0.2) is 5.16 Å². The van der Waals surface area contributed by atoms with Crippen LogP contribution in [0.5, 0.6) is 0 Å². The quantitative estimate of drug-likeness (QED) is 0.356. The summed E-state index contributed by atoms with van der Waals surface area (Å²) in [6.07, 6.45) is 3.16. The molecule has 3 heterocycles. The second-order valence-corrected chi connectivity index (χ2v) is 9.48. The Morgan fingerprint density at radius 2 is 2.10 bits per heavy atom. The molecule has 0 saturated carbocycles. The van der Waals surface area contributed by atoms with Crippen molar-refractivity contribution in [1.29, 1.82) is 0 Å². The molecule has 148 valence electrons. The van der Waals surface area contributed by atoms with Crippen LogP contribution in [0.2, 0.25) is 0 Å². The van der Waals surface area contributed by atoms with Gasteiger partial charge in [0.2, 0.25) is 11.7 Å². The summed E-state index contributed by atoms with van der Waals surface area (Å²) in [5.41, 5.74) is 2.18. The average molecular weight is 425 g/mol. The van der Waals surface area contributed by atoms with E-state index in [0.717, 1.165) is 35.0 Å². The van der Waals surface area contributed by atoms with Crippen molar-refractivity contribution >= 4 is 33.3 Å². The van der Waals surface area contributed by atoms with E-state index in [9.17, 15) is 4.79 Å². The van der Waals surface area contributed by atoms with E-state index in [4.69, 9.17) is 9.51 Å². The van der Waals surface area contributed by atoms with Gasteiger partial charge in [-0.25, -0.2) is 4.98 Å². The first-order chi connectivity index (χ1) is 14.1. The molecule has 1 aliphatic rings. The predicted octanol–water partition coefficient (Wildman–Crippen LogP) is 4.46. The Kier molecular flexibility index (Phi) is 4.75. The molecule has 8 heteroatoms. The van der Waals surface area contributed by atoms with Crippen LogP contribution in [0.15, 0.2) is 44.8 Å². The van der Waals surface area contributed by atoms with Gasteiger partial charge in [0.05, 0.1) is 11.1 Å². The van der Waals surface area contributed by atoms with Gasteiger partial charge in [0.25, 0.3) is 5.56 Å². The maximum Gasteiger partial charge on any atom is 0.262 e. The van der Waals surface area contributed by atoms with Gasteiger partial charge in [-0.2, -0.15) is 4.98 Å². The molecule has 0 aliphatic heterocycles. The number of benzene rings is 1. The summed E-state index contributed by atoms with van der Waals surface area (Å²) in [4.78, 5) is 24.5. The SMILES string of the molecule is C[C@H]1CCc2c(sc3nc(SCc4nc(-c5ccccc5)no4)n(C)c(=O)c23)C1. The van der Waals surface area contributed by atoms with Crippen LogP contribution in [0, 0.1) is 5.92 Å². The topological polar surface area (TPSA) is 73.8 Å². The normalized spacial score (nSPS) is 16.3. The van der Waals surface area contributed by atoms with Crippen LogP contribution < -0.4 is 5.56 Å². The van der Waals surface area contributed by atoms with E-state index >= 15 is 0 Å². The molecule has 0 spiro atoms. The molecular formula is C21H20N4O2S2. The molecule has 1 aromatic carbocycles. The van der Waals surface area contributed by atoms with Crippen LogP contribution in [-0.2, 0) is 25.6 Å². The third kappa shape index (κ3) is 3.40. The zero-order chi connectivity index (χ0) is 20.0. The summed E-state index contributed by atoms with van der Waals surface area (Å²) < 4.78 is 7.03. The minimum absolute atomic E-state index is 0.0417. The fourth-order valence-corrected chi connectivity index (χ4v) is 5.96. The first kappa shape index (κ1) is 18.6. The number of hydrogen-bond donors (Lipinski definition) is 0. The minimum atomic E-state index is 0.0417. The molecule has 1 atom stereocenters. The molecule has 0 N–H and O–H groups in total. The summed E-state index contributed by atoms with van der Waals surface area (Å²) in [6, 6.07) is 9.72. The van der Waals surface area contributed by atoms with E-state index in [1.807, 2.05) is 30.3 Å². The van der Waals surface area contributed by atoms with Gasteiger partial charge < -0.3 is 4.52 Å². The van der Waals surface area contributed by atoms with Crippen molar-refractivity contribution in [3.63, 3.8) is 0 Å². The summed E-state index contributed by atoms with van der Waals surface area (Å²) in [7, 11) is 1.79. The molecule has 29 heavy (non-hydrogen) atoms. The van der Waals surface area contributed by atoms with Gasteiger partial charge in [-0.1, -0.05) is 54.2 Å². The summed E-state index contributed by atoms with van der Waals surface area (Å²) in [5, 5.41) is 5.54. The van der Waals surface area contributed by atoms with Crippen molar-refractivity contribution in [3.8, 4) is 11.4 Å². The van der Waals surface area contributed by atoms with Crippen molar-refractivity contribution in [2.75, 3.05) is 0 Å². The number of nitrogens with zero attached hydrogens (tertiary/aromatic N) is 4. The second kappa shape index (κ2) is 7.42. The summed E-state index contributed by atoms with van der Waals surface area (Å²) in [5.74, 6) is 2.22. The van der Waals surface area contributed by atoms with E-state index in [0.29, 0.717) is 28.5 Å². The van der Waals surface area contributed by atoms with Gasteiger partial charge in [-0.15, -0.1) is 11.3 Å². The molecule has 0 amide bonds. The highest BCUT2D eigenvalue weighted by Gasteiger charge is 2.24. The van der Waals surface area contributed by atoms with Gasteiger partial charge in [0.1, 0.15) is 4.83 Å². The van der Waals surface area contributed by atoms with Gasteiger partial charge in [-0.05, 0) is 30.7 Å². The molecule has 0 radical (unpaired) electrons. The van der Waals surface area contributed by atoms with E-state index in [2.05, 4.69) is 17.1 Å². The standard InChI is InChI=1S/C21H20N4O2S2/c1-12-8-9-14-15(10-12)29-19-17(14)20(26)25(2)21(23-19)28-11-16-22-18(24-27-16)13-6-4-3-5-7-13/h3-7,12H,8-11H2,1-2H3/t12-/m0/s1. The van der Waals surface area contributed by atoms with Crippen molar-refractivity contribution < 1.29 is 4.52 Å². The number of hydrogen-bond acceptors (Lipinski definition) is 7. The molecule has 0 saturated heterocycles. The number of rotatable bonds is 4. The number of fused-ring (bicyclic) bond motifs is 3. The second-order valence-electron chi connectivity index (χ2n) is 7.46. The molecule has 0 unspecified atom stereocenters. The Labute approximate surface area is 176 Å². The Bertz CT molecular complexity index is 1240. The van der Waals surface area contributed by atoms with Crippen molar-refractivity contribution in [3.05, 3.63) is 57.0 Å². The third-order valence-electron chi connectivity index (χ3n) is 5.32. The van der Waals surface area contributed by atoms with Gasteiger partial charge in [-0.3, -0.25) is 9.36 Å². The lowest BCUT2D eigenvalue weighted by atomic mass is 9.89. The lowest BCUT2D eigenvalue weighted by Crippen LogP contribution is -2.21. The monoisotopic (exact) mass is 424 g/mol. The highest BCUT2D eigenvalue weighted by atomic mass is 32.2. The van der Waals surface area contributed by atoms with Crippen LogP contribution in [0.1, 0.15) is 29.7 Å². The molecule has 0 fully saturated rings. The first-order valence-corrected chi connectivity index (χ1v) is 11.4. The van der Waals surface area contributed by atoms with E-state index in [-0.39, 0.29) is 5.56 Å². The Balaban J connectivity index is 1.42. The molecule has 5 rings (SSSR count). The Hall–Kier alpha value is -2.45. The maximum absolute atomic E-state index is 13.0. The third-order valence-corrected chi connectivity index (χ3v) is 7.48. The smallest absolute Gasteiger partial charge is 0.262 e. The fraction of sp³-hybridized carbons (Fsp3) is 0.333. The van der Waals surface area contributed by atoms with Crippen molar-refractivity contribution in [2.24, 2.45) is 13.0 Å². The van der Waals surface area contributed by atoms with Crippen LogP contribution in [0.3, 0.4) is 0 Å². The maximum atomic E-state index is 13.0. The Morgan fingerprint density at radius 1 is 1.28 bits per heavy atom. The molecule has 3 aromatic heterocycles. The molecule has 1 aliphatic carbocycles. The fourth-order valence-electron chi connectivity index (χ4n) is 3.73. The Morgan fingerprint density at radius 3 is 2.93 bits per heavy atom. The van der Waals surface area contributed by atoms with Crippen molar-refractivity contribution in [2.45, 2.75) is 37.1 Å². The molecule has 6 nitrogen and oxygen atoms in total. The van der Waals surface area contributed by atoms with E-state index in [1.54, 1.807) is 23.0 Å². The van der Waals surface area contributed by atoms with E-state index < -0.39 is 0 Å². The van der Waals surface area contributed by atoms with Crippen LogP contribution in [-0.4, -0.2) is 19.7 Å². The summed E-state index contributed by atoms with van der Waals surface area (Å²) in [6.45, 7) is 2.27. The lowest BCUT2D eigenvalue weighted by molar-refractivity contribution is 0.391. The zero-order valence-corrected chi connectivity index (χ0v) is 17.8. The highest BCUT2D eigenvalue weighted by molar-refractivity contribution is 7.98. The number of aryl methyl sites for hydroxylation is 1. The van der Waals surface area contributed by atoms with Gasteiger partial charge >= 0.3 is 0 Å². The molecule has 0 bridgehead atoms. The lowest BCUT2D eigenvalue weighted by Gasteiger charge is -2.17. The minimum Gasteiger partial charge on any atom is -0.338 e. The van der Waals surface area contributed by atoms with Crippen LogP contribution in [0.25, 0.3) is 21.6 Å². The first-order valence-electron chi connectivity index (χ1n) is 9.62. The number of thioether (sulfide) groups is 1. The summed E-state index contributed by atoms with van der Waals surface area (Å²) >= 11 is 3.12. The van der Waals surface area contributed by atoms with E-state index in [1.165, 1.54) is 22.2 Å². The number of thiophene rings is 1. The largest absolute Gasteiger partial charge is 0.338 e. The van der Waals surface area contributed by atoms with Crippen molar-refractivity contribution in [1.82, 2.24) is 19.7 Å². The number of aromatic nitrogens is 4. The molecular weight excluding hydrogens is 404 g/mol. The van der Waals surface area contributed by atoms with Crippen LogP contribution in [0.4, 0.5) is 0 Å². The zero-order valence-electron chi connectivity index (χ0n) is 16.2. The van der Waals surface area contributed by atoms with Gasteiger partial charge in [0, 0.05) is 17.5 Å². The molecule has 4 aromatic rings. The average Bonchev–Trinajstić information content (AvgIpc) is 3.34. The highest BCUT2D eigenvalue weighted by Crippen LogP contribution is 2.36. The predicted molar refractivity (Wildman–Crippen MR) is 115 cm³/mol. The van der Waals surface area contributed by atoms with Crippen LogP contribution >= 0.6 is 23.1 Å².